The average molecular weight is 192 g/mol. The molecule has 0 amide bonds. The number of thiol groups is 1. The second-order valence-electron chi connectivity index (χ2n) is 2.53. The van der Waals surface area contributed by atoms with E-state index in [2.05, 4.69) is 19.6 Å². The highest BCUT2D eigenvalue weighted by molar-refractivity contribution is 8.32. The molecule has 0 heterocycles. The molecule has 0 N–H and O–H groups in total. The third-order valence-corrected chi connectivity index (χ3v) is 2.60. The quantitative estimate of drug-likeness (QED) is 0.510. The minimum absolute atomic E-state index is 0.0551. The third-order valence-electron chi connectivity index (χ3n) is 1.47. The van der Waals surface area contributed by atoms with Crippen molar-refractivity contribution in [3.63, 3.8) is 0 Å². The highest BCUT2D eigenvalue weighted by Gasteiger charge is 1.94. The maximum atomic E-state index is 10.4. The molecule has 0 unspecified atom stereocenters. The number of rotatable bonds is 6. The van der Waals surface area contributed by atoms with E-state index in [1.54, 1.807) is 0 Å². The Morgan fingerprint density at radius 1 is 1.27 bits per heavy atom. The molecular formula is C8H16OS2. The Morgan fingerprint density at radius 3 is 2.45 bits per heavy atom. The smallest absolute Gasteiger partial charge is 0.243 e. The summed E-state index contributed by atoms with van der Waals surface area (Å²) >= 11 is 4.98. The Bertz CT molecular complexity index is 104. The van der Waals surface area contributed by atoms with Gasteiger partial charge in [-0.15, -0.1) is 0 Å². The summed E-state index contributed by atoms with van der Waals surface area (Å²) in [4.78, 5) is 10.4. The number of thioether (sulfide) groups is 1. The van der Waals surface area contributed by atoms with Gasteiger partial charge in [0.2, 0.25) is 4.45 Å². The monoisotopic (exact) mass is 192 g/mol. The van der Waals surface area contributed by atoms with Gasteiger partial charge in [0.15, 0.2) is 0 Å². The van der Waals surface area contributed by atoms with E-state index in [4.69, 9.17) is 0 Å². The van der Waals surface area contributed by atoms with E-state index in [9.17, 15) is 4.79 Å². The maximum Gasteiger partial charge on any atom is 0.243 e. The van der Waals surface area contributed by atoms with Gasteiger partial charge in [-0.05, 0) is 6.42 Å². The minimum Gasteiger partial charge on any atom is -0.275 e. The molecule has 0 spiro atoms. The summed E-state index contributed by atoms with van der Waals surface area (Å²) in [5.41, 5.74) is 0. The standard InChI is InChI=1S/C8H16OS2/c1-2-3-4-5-6-7-11-8(9)10/h2-7H2,1H3,(H,9,10). The zero-order chi connectivity index (χ0) is 8.53. The Balaban J connectivity index is 2.85. The number of hydrogen-bond donors (Lipinski definition) is 1. The normalized spacial score (nSPS) is 10.0. The summed E-state index contributed by atoms with van der Waals surface area (Å²) in [5.74, 6) is 0.937. The number of unbranched alkanes of at least 4 members (excludes halogenated alkanes) is 4. The van der Waals surface area contributed by atoms with Crippen molar-refractivity contribution in [1.82, 2.24) is 0 Å². The van der Waals surface area contributed by atoms with Crippen molar-refractivity contribution < 1.29 is 4.79 Å². The first-order valence-corrected chi connectivity index (χ1v) is 5.56. The molecule has 3 heteroatoms. The van der Waals surface area contributed by atoms with Gasteiger partial charge in [-0.2, -0.15) is 0 Å². The van der Waals surface area contributed by atoms with Crippen molar-refractivity contribution in [2.24, 2.45) is 0 Å². The van der Waals surface area contributed by atoms with Crippen molar-refractivity contribution in [2.45, 2.75) is 39.0 Å². The first kappa shape index (κ1) is 11.4. The van der Waals surface area contributed by atoms with Crippen LogP contribution in [0.1, 0.15) is 39.0 Å². The number of carbonyl (C=O) groups excluding carboxylic acids is 1. The van der Waals surface area contributed by atoms with Crippen molar-refractivity contribution in [1.29, 1.82) is 0 Å². The van der Waals surface area contributed by atoms with Crippen LogP contribution >= 0.6 is 24.4 Å². The summed E-state index contributed by atoms with van der Waals surface area (Å²) in [6.45, 7) is 2.20. The Labute approximate surface area is 78.7 Å². The summed E-state index contributed by atoms with van der Waals surface area (Å²) in [5, 5.41) is 0. The van der Waals surface area contributed by atoms with E-state index < -0.39 is 0 Å². The van der Waals surface area contributed by atoms with Crippen LogP contribution in [0.15, 0.2) is 0 Å². The van der Waals surface area contributed by atoms with E-state index in [1.165, 1.54) is 37.4 Å². The van der Waals surface area contributed by atoms with Crippen LogP contribution in [0.2, 0.25) is 0 Å². The van der Waals surface area contributed by atoms with Crippen LogP contribution in [0.5, 0.6) is 0 Å². The predicted molar refractivity (Wildman–Crippen MR) is 55.6 cm³/mol. The molecule has 0 aliphatic carbocycles. The number of hydrogen-bond acceptors (Lipinski definition) is 2. The van der Waals surface area contributed by atoms with Gasteiger partial charge >= 0.3 is 0 Å². The zero-order valence-electron chi connectivity index (χ0n) is 7.01. The zero-order valence-corrected chi connectivity index (χ0v) is 8.72. The molecule has 0 aromatic rings. The fourth-order valence-electron chi connectivity index (χ4n) is 0.865. The van der Waals surface area contributed by atoms with Crippen LogP contribution in [-0.4, -0.2) is 10.2 Å². The molecule has 0 aliphatic heterocycles. The lowest BCUT2D eigenvalue weighted by atomic mass is 10.2. The first-order valence-electron chi connectivity index (χ1n) is 4.13. The predicted octanol–water partition coefficient (Wildman–Crippen LogP) is 3.74. The van der Waals surface area contributed by atoms with Gasteiger partial charge < -0.3 is 0 Å². The fourth-order valence-corrected chi connectivity index (χ4v) is 1.66. The Morgan fingerprint density at radius 2 is 1.91 bits per heavy atom. The van der Waals surface area contributed by atoms with Crippen molar-refractivity contribution >= 4 is 28.8 Å². The maximum absolute atomic E-state index is 10.4. The highest BCUT2D eigenvalue weighted by Crippen LogP contribution is 2.11. The lowest BCUT2D eigenvalue weighted by Gasteiger charge is -1.96. The van der Waals surface area contributed by atoms with Crippen molar-refractivity contribution in [2.75, 3.05) is 5.75 Å². The molecule has 1 nitrogen and oxygen atoms in total. The van der Waals surface area contributed by atoms with Gasteiger partial charge in [0, 0.05) is 5.75 Å². The van der Waals surface area contributed by atoms with Crippen LogP contribution in [0.3, 0.4) is 0 Å². The molecule has 0 saturated carbocycles. The van der Waals surface area contributed by atoms with E-state index in [0.717, 1.165) is 12.2 Å². The molecule has 66 valence electrons. The Kier molecular flexibility index (Phi) is 8.75. The SMILES string of the molecule is CCCCCCCSC(=O)S. The second kappa shape index (κ2) is 8.47. The van der Waals surface area contributed by atoms with Crippen LogP contribution < -0.4 is 0 Å². The van der Waals surface area contributed by atoms with Gasteiger partial charge in [-0.3, -0.25) is 4.79 Å². The molecule has 0 aliphatic rings. The molecule has 0 rings (SSSR count). The van der Waals surface area contributed by atoms with Crippen LogP contribution in [0.25, 0.3) is 0 Å². The molecule has 0 atom stereocenters. The lowest BCUT2D eigenvalue weighted by molar-refractivity contribution is 0.277. The van der Waals surface area contributed by atoms with E-state index in [1.807, 2.05) is 0 Å². The Hall–Kier alpha value is 0.370. The van der Waals surface area contributed by atoms with E-state index in [-0.39, 0.29) is 4.45 Å². The van der Waals surface area contributed by atoms with Crippen molar-refractivity contribution in [3.05, 3.63) is 0 Å². The first-order chi connectivity index (χ1) is 5.27. The molecule has 0 fully saturated rings. The largest absolute Gasteiger partial charge is 0.275 e. The third kappa shape index (κ3) is 10.4. The van der Waals surface area contributed by atoms with Crippen LogP contribution in [0.4, 0.5) is 4.79 Å². The molecule has 0 bridgehead atoms. The van der Waals surface area contributed by atoms with Gasteiger partial charge in [-0.1, -0.05) is 57.0 Å². The fraction of sp³-hybridized carbons (Fsp3) is 0.875. The molecule has 0 saturated heterocycles. The van der Waals surface area contributed by atoms with Gasteiger partial charge in [0.1, 0.15) is 0 Å². The van der Waals surface area contributed by atoms with Crippen LogP contribution in [0, 0.1) is 0 Å². The molecule has 0 aromatic heterocycles. The summed E-state index contributed by atoms with van der Waals surface area (Å²) in [6, 6.07) is 0. The summed E-state index contributed by atoms with van der Waals surface area (Å²) in [7, 11) is 0. The van der Waals surface area contributed by atoms with Gasteiger partial charge in [0.05, 0.1) is 0 Å². The van der Waals surface area contributed by atoms with Crippen LogP contribution in [-0.2, 0) is 0 Å². The molecule has 11 heavy (non-hydrogen) atoms. The molecule has 0 radical (unpaired) electrons. The summed E-state index contributed by atoms with van der Waals surface area (Å²) in [6.07, 6.45) is 6.30. The second-order valence-corrected chi connectivity index (χ2v) is 4.31. The average Bonchev–Trinajstić information content (AvgIpc) is 1.96. The van der Waals surface area contributed by atoms with E-state index >= 15 is 0 Å². The molecule has 0 aromatic carbocycles. The molecular weight excluding hydrogens is 176 g/mol. The van der Waals surface area contributed by atoms with Gasteiger partial charge in [-0.25, -0.2) is 0 Å². The topological polar surface area (TPSA) is 17.1 Å². The van der Waals surface area contributed by atoms with Crippen molar-refractivity contribution in [3.8, 4) is 0 Å². The highest BCUT2D eigenvalue weighted by atomic mass is 32.2. The lowest BCUT2D eigenvalue weighted by Crippen LogP contribution is -1.83. The van der Waals surface area contributed by atoms with Gasteiger partial charge in [0.25, 0.3) is 0 Å². The minimum atomic E-state index is -0.0551. The summed E-state index contributed by atoms with van der Waals surface area (Å²) < 4.78 is -0.0551. The van der Waals surface area contributed by atoms with E-state index in [0.29, 0.717) is 0 Å². The number of carbonyl (C=O) groups is 1.